The van der Waals surface area contributed by atoms with Crippen molar-refractivity contribution in [2.24, 2.45) is 0 Å². The third-order valence-corrected chi connectivity index (χ3v) is 4.24. The quantitative estimate of drug-likeness (QED) is 0.843. The minimum absolute atomic E-state index is 0.230. The van der Waals surface area contributed by atoms with Gasteiger partial charge >= 0.3 is 0 Å². The fraction of sp³-hybridized carbons (Fsp3) is 0.316. The smallest absolute Gasteiger partial charge is 0.227 e. The molecule has 0 unspecified atom stereocenters. The molecule has 0 aliphatic carbocycles. The Morgan fingerprint density at radius 2 is 1.86 bits per heavy atom. The molecule has 21 heavy (non-hydrogen) atoms. The second-order valence-corrected chi connectivity index (χ2v) is 5.68. The highest BCUT2D eigenvalue weighted by atomic mass is 16.2. The first kappa shape index (κ1) is 13.9. The van der Waals surface area contributed by atoms with E-state index in [1.54, 1.807) is 0 Å². The molecule has 2 heteroatoms. The number of carbonyl (C=O) groups excluding carboxylic acids is 1. The normalized spacial score (nSPS) is 13.9. The molecule has 2 aromatic carbocycles. The molecule has 3 rings (SSSR count). The van der Waals surface area contributed by atoms with Crippen molar-refractivity contribution in [2.45, 2.75) is 32.7 Å². The van der Waals surface area contributed by atoms with Crippen molar-refractivity contribution in [1.29, 1.82) is 0 Å². The molecule has 0 saturated heterocycles. The molecule has 1 aliphatic heterocycles. The van der Waals surface area contributed by atoms with Crippen LogP contribution >= 0.6 is 0 Å². The van der Waals surface area contributed by atoms with E-state index in [4.69, 9.17) is 0 Å². The van der Waals surface area contributed by atoms with Crippen LogP contribution in [0.2, 0.25) is 0 Å². The summed E-state index contributed by atoms with van der Waals surface area (Å²) < 4.78 is 0. The molecular weight excluding hydrogens is 258 g/mol. The van der Waals surface area contributed by atoms with Crippen LogP contribution in [-0.4, -0.2) is 17.4 Å². The maximum Gasteiger partial charge on any atom is 0.227 e. The van der Waals surface area contributed by atoms with Crippen LogP contribution in [-0.2, 0) is 30.6 Å². The fourth-order valence-electron chi connectivity index (χ4n) is 2.93. The molecule has 0 atom stereocenters. The Labute approximate surface area is 126 Å². The van der Waals surface area contributed by atoms with E-state index < -0.39 is 0 Å². The summed E-state index contributed by atoms with van der Waals surface area (Å²) in [5, 5.41) is 0. The first-order valence-electron chi connectivity index (χ1n) is 7.68. The summed E-state index contributed by atoms with van der Waals surface area (Å²) in [6.07, 6.45) is 2.52. The van der Waals surface area contributed by atoms with Gasteiger partial charge in [0.2, 0.25) is 5.91 Å². The van der Waals surface area contributed by atoms with Gasteiger partial charge in [-0.3, -0.25) is 4.79 Å². The molecule has 1 amide bonds. The lowest BCUT2D eigenvalue weighted by atomic mass is 9.96. The van der Waals surface area contributed by atoms with Gasteiger partial charge in [-0.05, 0) is 35.1 Å². The summed E-state index contributed by atoms with van der Waals surface area (Å²) in [6, 6.07) is 16.7. The van der Waals surface area contributed by atoms with Crippen LogP contribution < -0.4 is 0 Å². The van der Waals surface area contributed by atoms with E-state index in [1.165, 1.54) is 16.7 Å². The summed E-state index contributed by atoms with van der Waals surface area (Å²) >= 11 is 0. The number of hydrogen-bond donors (Lipinski definition) is 0. The molecular formula is C19H21NO. The molecule has 108 valence electrons. The Balaban J connectivity index is 1.72. The molecule has 0 aromatic heterocycles. The minimum Gasteiger partial charge on any atom is -0.338 e. The second-order valence-electron chi connectivity index (χ2n) is 5.68. The van der Waals surface area contributed by atoms with Crippen LogP contribution in [0.1, 0.15) is 29.2 Å². The molecule has 0 fully saturated rings. The third kappa shape index (κ3) is 3.15. The van der Waals surface area contributed by atoms with Crippen LogP contribution in [0, 0.1) is 0 Å². The van der Waals surface area contributed by atoms with Crippen LogP contribution in [0.25, 0.3) is 0 Å². The summed E-state index contributed by atoms with van der Waals surface area (Å²) in [5.41, 5.74) is 5.17. The summed E-state index contributed by atoms with van der Waals surface area (Å²) in [7, 11) is 0. The lowest BCUT2D eigenvalue weighted by molar-refractivity contribution is -0.131. The predicted molar refractivity (Wildman–Crippen MR) is 85.1 cm³/mol. The maximum absolute atomic E-state index is 12.5. The van der Waals surface area contributed by atoms with Gasteiger partial charge < -0.3 is 4.90 Å². The molecule has 0 N–H and O–H groups in total. The first-order valence-corrected chi connectivity index (χ1v) is 7.68. The average molecular weight is 279 g/mol. The number of benzene rings is 2. The highest BCUT2D eigenvalue weighted by Crippen LogP contribution is 2.21. The Hall–Kier alpha value is -2.09. The van der Waals surface area contributed by atoms with Crippen molar-refractivity contribution < 1.29 is 4.79 Å². The number of fused-ring (bicyclic) bond motifs is 1. The SMILES string of the molecule is CCc1ccc2c(c1)CN(C(=O)Cc1ccccc1)CC2. The van der Waals surface area contributed by atoms with Gasteiger partial charge in [-0.25, -0.2) is 0 Å². The van der Waals surface area contributed by atoms with E-state index in [9.17, 15) is 4.79 Å². The first-order chi connectivity index (χ1) is 10.3. The number of aryl methyl sites for hydroxylation is 1. The van der Waals surface area contributed by atoms with Gasteiger partial charge in [0.15, 0.2) is 0 Å². The fourth-order valence-corrected chi connectivity index (χ4v) is 2.93. The van der Waals surface area contributed by atoms with Crippen molar-refractivity contribution in [3.63, 3.8) is 0 Å². The largest absolute Gasteiger partial charge is 0.338 e. The molecule has 0 saturated carbocycles. The Morgan fingerprint density at radius 3 is 2.62 bits per heavy atom. The number of carbonyl (C=O) groups is 1. The standard InChI is InChI=1S/C19H21NO/c1-2-15-8-9-17-10-11-20(14-18(17)12-15)19(21)13-16-6-4-3-5-7-16/h3-9,12H,2,10-11,13-14H2,1H3. The van der Waals surface area contributed by atoms with E-state index >= 15 is 0 Å². The van der Waals surface area contributed by atoms with Crippen LogP contribution in [0.5, 0.6) is 0 Å². The van der Waals surface area contributed by atoms with Crippen molar-refractivity contribution in [1.82, 2.24) is 4.90 Å². The van der Waals surface area contributed by atoms with E-state index in [2.05, 4.69) is 25.1 Å². The number of rotatable bonds is 3. The zero-order valence-corrected chi connectivity index (χ0v) is 12.5. The highest BCUT2D eigenvalue weighted by Gasteiger charge is 2.20. The zero-order valence-electron chi connectivity index (χ0n) is 12.5. The van der Waals surface area contributed by atoms with Gasteiger partial charge in [-0.2, -0.15) is 0 Å². The molecule has 0 spiro atoms. The van der Waals surface area contributed by atoms with Gasteiger partial charge in [0.1, 0.15) is 0 Å². The highest BCUT2D eigenvalue weighted by molar-refractivity contribution is 5.79. The summed E-state index contributed by atoms with van der Waals surface area (Å²) in [5.74, 6) is 0.230. The Morgan fingerprint density at radius 1 is 1.05 bits per heavy atom. The topological polar surface area (TPSA) is 20.3 Å². The molecule has 1 heterocycles. The molecule has 1 aliphatic rings. The van der Waals surface area contributed by atoms with Crippen LogP contribution in [0.15, 0.2) is 48.5 Å². The van der Waals surface area contributed by atoms with Gasteiger partial charge in [0, 0.05) is 13.1 Å². The second kappa shape index (κ2) is 6.13. The Kier molecular flexibility index (Phi) is 4.05. The van der Waals surface area contributed by atoms with Gasteiger partial charge in [-0.1, -0.05) is 55.5 Å². The Bertz CT molecular complexity index is 633. The van der Waals surface area contributed by atoms with Crippen LogP contribution in [0.4, 0.5) is 0 Å². The molecule has 2 aromatic rings. The predicted octanol–water partition coefficient (Wildman–Crippen LogP) is 3.38. The molecule has 0 radical (unpaired) electrons. The van der Waals surface area contributed by atoms with Crippen molar-refractivity contribution in [3.05, 3.63) is 70.8 Å². The van der Waals surface area contributed by atoms with E-state index in [0.29, 0.717) is 6.42 Å². The van der Waals surface area contributed by atoms with E-state index in [-0.39, 0.29) is 5.91 Å². The molecule has 2 nitrogen and oxygen atoms in total. The maximum atomic E-state index is 12.5. The van der Waals surface area contributed by atoms with E-state index in [0.717, 1.165) is 31.5 Å². The average Bonchev–Trinajstić information content (AvgIpc) is 2.54. The monoisotopic (exact) mass is 279 g/mol. The third-order valence-electron chi connectivity index (χ3n) is 4.24. The van der Waals surface area contributed by atoms with Crippen molar-refractivity contribution in [3.8, 4) is 0 Å². The zero-order chi connectivity index (χ0) is 14.7. The number of nitrogens with zero attached hydrogens (tertiary/aromatic N) is 1. The minimum atomic E-state index is 0.230. The van der Waals surface area contributed by atoms with Crippen molar-refractivity contribution >= 4 is 5.91 Å². The van der Waals surface area contributed by atoms with Crippen molar-refractivity contribution in [2.75, 3.05) is 6.54 Å². The lowest BCUT2D eigenvalue weighted by Gasteiger charge is -2.29. The number of hydrogen-bond acceptors (Lipinski definition) is 1. The molecule has 0 bridgehead atoms. The van der Waals surface area contributed by atoms with E-state index in [1.807, 2.05) is 35.2 Å². The number of amides is 1. The van der Waals surface area contributed by atoms with Crippen LogP contribution in [0.3, 0.4) is 0 Å². The lowest BCUT2D eigenvalue weighted by Crippen LogP contribution is -2.36. The summed E-state index contributed by atoms with van der Waals surface area (Å²) in [4.78, 5) is 14.5. The van der Waals surface area contributed by atoms with Gasteiger partial charge in [0.25, 0.3) is 0 Å². The van der Waals surface area contributed by atoms with Gasteiger partial charge in [-0.15, -0.1) is 0 Å². The summed E-state index contributed by atoms with van der Waals surface area (Å²) in [6.45, 7) is 3.77. The van der Waals surface area contributed by atoms with Gasteiger partial charge in [0.05, 0.1) is 6.42 Å².